The van der Waals surface area contributed by atoms with Crippen LogP contribution in [0.1, 0.15) is 15.9 Å². The van der Waals surface area contributed by atoms with E-state index >= 15 is 0 Å². The number of carbonyl (C=O) groups is 1. The molecule has 0 aliphatic carbocycles. The molecule has 0 radical (unpaired) electrons. The molecule has 0 unspecified atom stereocenters. The number of carbonyl (C=O) groups excluding carboxylic acids is 1. The minimum absolute atomic E-state index is 0.120. The van der Waals surface area contributed by atoms with Crippen LogP contribution in [-0.4, -0.2) is 27.1 Å². The minimum atomic E-state index is -0.608. The first kappa shape index (κ1) is 12.4. The molecule has 2 rings (SSSR count). The van der Waals surface area contributed by atoms with E-state index in [4.69, 9.17) is 0 Å². The van der Waals surface area contributed by atoms with Crippen molar-refractivity contribution in [2.75, 3.05) is 0 Å². The molecule has 0 bridgehead atoms. The van der Waals surface area contributed by atoms with Gasteiger partial charge in [0, 0.05) is 24.2 Å². The van der Waals surface area contributed by atoms with Crippen molar-refractivity contribution in [1.29, 1.82) is 0 Å². The first-order chi connectivity index (χ1) is 9.16. The van der Waals surface area contributed by atoms with Gasteiger partial charge in [0.25, 0.3) is 11.5 Å². The van der Waals surface area contributed by atoms with E-state index in [2.05, 4.69) is 20.5 Å². The van der Waals surface area contributed by atoms with Crippen LogP contribution in [-0.2, 0) is 0 Å². The van der Waals surface area contributed by atoms with Gasteiger partial charge in [-0.3, -0.25) is 19.6 Å². The predicted molar refractivity (Wildman–Crippen MR) is 67.0 cm³/mol. The molecule has 8 nitrogen and oxygen atoms in total. The second-order valence-corrected chi connectivity index (χ2v) is 3.46. The molecule has 0 aromatic carbocycles. The molecule has 2 aromatic heterocycles. The third kappa shape index (κ3) is 3.22. The Morgan fingerprint density at radius 2 is 2.05 bits per heavy atom. The molecule has 0 atom stereocenters. The highest BCUT2D eigenvalue weighted by molar-refractivity contribution is 5.94. The maximum Gasteiger partial charge on any atom is 0.325 e. The zero-order valence-electron chi connectivity index (χ0n) is 9.58. The van der Waals surface area contributed by atoms with Crippen molar-refractivity contribution in [3.05, 3.63) is 62.7 Å². The maximum atomic E-state index is 11.6. The summed E-state index contributed by atoms with van der Waals surface area (Å²) in [4.78, 5) is 41.7. The van der Waals surface area contributed by atoms with Crippen LogP contribution in [0.5, 0.6) is 0 Å². The minimum Gasteiger partial charge on any atom is -0.313 e. The summed E-state index contributed by atoms with van der Waals surface area (Å²) in [5.74, 6) is -0.431. The topological polar surface area (TPSA) is 120 Å². The van der Waals surface area contributed by atoms with E-state index in [0.29, 0.717) is 5.56 Å². The molecule has 2 aromatic rings. The van der Waals surface area contributed by atoms with Gasteiger partial charge >= 0.3 is 5.69 Å². The van der Waals surface area contributed by atoms with Crippen LogP contribution >= 0.6 is 0 Å². The summed E-state index contributed by atoms with van der Waals surface area (Å²) in [7, 11) is 0. The molecule has 0 spiro atoms. The van der Waals surface area contributed by atoms with Crippen LogP contribution in [0.25, 0.3) is 0 Å². The fourth-order valence-corrected chi connectivity index (χ4v) is 1.24. The lowest BCUT2D eigenvalue weighted by Gasteiger charge is -1.97. The van der Waals surface area contributed by atoms with Gasteiger partial charge in [-0.2, -0.15) is 5.10 Å². The first-order valence-corrected chi connectivity index (χ1v) is 5.22. The van der Waals surface area contributed by atoms with Crippen LogP contribution in [0.3, 0.4) is 0 Å². The number of hydrazone groups is 1. The van der Waals surface area contributed by atoms with Crippen molar-refractivity contribution >= 4 is 12.1 Å². The van der Waals surface area contributed by atoms with E-state index in [0.717, 1.165) is 6.21 Å². The SMILES string of the molecule is O=C(NN=Cc1c[nH]c(=O)[nH]c1=O)c1ccncc1. The molecule has 0 aliphatic rings. The summed E-state index contributed by atoms with van der Waals surface area (Å²) in [5.41, 5.74) is 1.56. The number of hydrogen-bond acceptors (Lipinski definition) is 5. The maximum absolute atomic E-state index is 11.6. The number of pyridine rings is 1. The predicted octanol–water partition coefficient (Wildman–Crippen LogP) is -0.778. The highest BCUT2D eigenvalue weighted by atomic mass is 16.2. The Morgan fingerprint density at radius 3 is 2.74 bits per heavy atom. The Kier molecular flexibility index (Phi) is 3.62. The van der Waals surface area contributed by atoms with Gasteiger partial charge in [-0.1, -0.05) is 0 Å². The van der Waals surface area contributed by atoms with E-state index in [-0.39, 0.29) is 5.56 Å². The molecule has 0 saturated carbocycles. The Labute approximate surface area is 106 Å². The molecular weight excluding hydrogens is 250 g/mol. The van der Waals surface area contributed by atoms with Crippen molar-refractivity contribution in [1.82, 2.24) is 20.4 Å². The standard InChI is InChI=1S/C11H9N5O3/c17-9-8(5-13-11(19)15-9)6-14-16-10(18)7-1-3-12-4-2-7/h1-6H,(H,16,18)(H2,13,15,17,19). The Hall–Kier alpha value is -3.03. The van der Waals surface area contributed by atoms with Gasteiger partial charge in [0.1, 0.15) is 0 Å². The van der Waals surface area contributed by atoms with Gasteiger partial charge < -0.3 is 4.98 Å². The van der Waals surface area contributed by atoms with Gasteiger partial charge in [-0.15, -0.1) is 0 Å². The molecule has 3 N–H and O–H groups in total. The van der Waals surface area contributed by atoms with Crippen LogP contribution in [0.4, 0.5) is 0 Å². The molecule has 8 heteroatoms. The zero-order chi connectivity index (χ0) is 13.7. The zero-order valence-corrected chi connectivity index (χ0v) is 9.58. The number of nitrogens with zero attached hydrogens (tertiary/aromatic N) is 2. The van der Waals surface area contributed by atoms with Crippen LogP contribution < -0.4 is 16.7 Å². The Bertz CT molecular complexity index is 717. The molecule has 1 amide bonds. The lowest BCUT2D eigenvalue weighted by Crippen LogP contribution is -2.25. The molecule has 0 fully saturated rings. The summed E-state index contributed by atoms with van der Waals surface area (Å²) in [5, 5.41) is 3.62. The van der Waals surface area contributed by atoms with Crippen molar-refractivity contribution in [2.24, 2.45) is 5.10 Å². The second-order valence-electron chi connectivity index (χ2n) is 3.46. The average molecular weight is 259 g/mol. The highest BCUT2D eigenvalue weighted by Crippen LogP contribution is 1.94. The highest BCUT2D eigenvalue weighted by Gasteiger charge is 2.02. The van der Waals surface area contributed by atoms with Crippen LogP contribution in [0.2, 0.25) is 0 Å². The largest absolute Gasteiger partial charge is 0.325 e. The van der Waals surface area contributed by atoms with Gasteiger partial charge in [0.2, 0.25) is 0 Å². The van der Waals surface area contributed by atoms with Crippen LogP contribution in [0.15, 0.2) is 45.4 Å². The van der Waals surface area contributed by atoms with Crippen LogP contribution in [0, 0.1) is 0 Å². The number of aromatic amines is 2. The average Bonchev–Trinajstić information content (AvgIpc) is 2.42. The summed E-state index contributed by atoms with van der Waals surface area (Å²) >= 11 is 0. The second kappa shape index (κ2) is 5.54. The first-order valence-electron chi connectivity index (χ1n) is 5.22. The number of rotatable bonds is 3. The Morgan fingerprint density at radius 1 is 1.32 bits per heavy atom. The van der Waals surface area contributed by atoms with Crippen molar-refractivity contribution in [2.45, 2.75) is 0 Å². The van der Waals surface area contributed by atoms with Crippen molar-refractivity contribution < 1.29 is 4.79 Å². The fourth-order valence-electron chi connectivity index (χ4n) is 1.24. The quantitative estimate of drug-likeness (QED) is 0.494. The van der Waals surface area contributed by atoms with Gasteiger partial charge in [-0.05, 0) is 12.1 Å². The fraction of sp³-hybridized carbons (Fsp3) is 0. The third-order valence-corrected chi connectivity index (χ3v) is 2.16. The third-order valence-electron chi connectivity index (χ3n) is 2.16. The Balaban J connectivity index is 2.06. The summed E-state index contributed by atoms with van der Waals surface area (Å²) in [6.07, 6.45) is 5.29. The van der Waals surface area contributed by atoms with Crippen molar-refractivity contribution in [3.8, 4) is 0 Å². The lowest BCUT2D eigenvalue weighted by molar-refractivity contribution is 0.0955. The molecule has 2 heterocycles. The van der Waals surface area contributed by atoms with Gasteiger partial charge in [0.05, 0.1) is 11.8 Å². The van der Waals surface area contributed by atoms with E-state index in [1.165, 1.54) is 30.7 Å². The van der Waals surface area contributed by atoms with Gasteiger partial charge in [-0.25, -0.2) is 10.2 Å². The lowest BCUT2D eigenvalue weighted by atomic mass is 10.3. The summed E-state index contributed by atoms with van der Waals surface area (Å²) in [6, 6.07) is 3.05. The number of H-pyrrole nitrogens is 2. The number of aromatic nitrogens is 3. The molecule has 0 saturated heterocycles. The monoisotopic (exact) mass is 259 g/mol. The number of amides is 1. The molecule has 96 valence electrons. The van der Waals surface area contributed by atoms with Crippen molar-refractivity contribution in [3.63, 3.8) is 0 Å². The smallest absolute Gasteiger partial charge is 0.313 e. The number of nitrogens with one attached hydrogen (secondary N) is 3. The molecule has 0 aliphatic heterocycles. The van der Waals surface area contributed by atoms with E-state index < -0.39 is 17.2 Å². The summed E-state index contributed by atoms with van der Waals surface area (Å²) < 4.78 is 0. The van der Waals surface area contributed by atoms with E-state index in [9.17, 15) is 14.4 Å². The number of hydrogen-bond donors (Lipinski definition) is 3. The summed E-state index contributed by atoms with van der Waals surface area (Å²) in [6.45, 7) is 0. The van der Waals surface area contributed by atoms with E-state index in [1.807, 2.05) is 4.98 Å². The molecule has 19 heavy (non-hydrogen) atoms. The molecular formula is C11H9N5O3. The normalized spacial score (nSPS) is 10.5. The van der Waals surface area contributed by atoms with E-state index in [1.54, 1.807) is 0 Å². The van der Waals surface area contributed by atoms with Gasteiger partial charge in [0.15, 0.2) is 0 Å².